The van der Waals surface area contributed by atoms with E-state index in [1.807, 2.05) is 30.3 Å². The molecule has 3 rings (SSSR count). The summed E-state index contributed by atoms with van der Waals surface area (Å²) in [5.74, 6) is -3.83. The van der Waals surface area contributed by atoms with Crippen molar-refractivity contribution < 1.29 is 62.0 Å². The van der Waals surface area contributed by atoms with Crippen LogP contribution in [0.25, 0.3) is 0 Å². The summed E-state index contributed by atoms with van der Waals surface area (Å²) in [5.41, 5.74) is -1.06. The second kappa shape index (κ2) is 21.3. The largest absolute Gasteiger partial charge is 0.464 e. The maximum Gasteiger partial charge on any atom is 0.408 e. The third kappa shape index (κ3) is 15.5. The lowest BCUT2D eigenvalue weighted by Crippen LogP contribution is -2.57. The summed E-state index contributed by atoms with van der Waals surface area (Å²) in [5, 5.41) is 10.2. The van der Waals surface area contributed by atoms with Gasteiger partial charge < -0.3 is 49.7 Å². The van der Waals surface area contributed by atoms with Gasteiger partial charge in [0.1, 0.15) is 36.8 Å². The lowest BCUT2D eigenvalue weighted by atomic mass is 10.0. The van der Waals surface area contributed by atoms with Crippen molar-refractivity contribution in [3.63, 3.8) is 0 Å². The van der Waals surface area contributed by atoms with Crippen LogP contribution in [0.5, 0.6) is 0 Å². The number of hydrogen-bond donors (Lipinski definition) is 4. The Balaban J connectivity index is 1.86. The smallest absolute Gasteiger partial charge is 0.408 e. The Labute approximate surface area is 328 Å². The molecule has 1 saturated heterocycles. The van der Waals surface area contributed by atoms with Crippen molar-refractivity contribution >= 4 is 47.7 Å². The van der Waals surface area contributed by atoms with E-state index >= 15 is 0 Å². The molecule has 0 unspecified atom stereocenters. The molecule has 1 aliphatic rings. The van der Waals surface area contributed by atoms with Crippen molar-refractivity contribution in [2.24, 2.45) is 0 Å². The average Bonchev–Trinajstić information content (AvgIpc) is 3.43. The summed E-state index contributed by atoms with van der Waals surface area (Å²) in [6.07, 6.45) is -5.59. The molecule has 20 nitrogen and oxygen atoms in total. The van der Waals surface area contributed by atoms with Gasteiger partial charge in [-0.2, -0.15) is 4.98 Å². The van der Waals surface area contributed by atoms with Crippen molar-refractivity contribution in [1.82, 2.24) is 25.5 Å². The first-order valence-corrected chi connectivity index (χ1v) is 18.1. The molecule has 0 aliphatic carbocycles. The van der Waals surface area contributed by atoms with Gasteiger partial charge in [0.25, 0.3) is 0 Å². The number of anilines is 1. The second-order valence-electron chi connectivity index (χ2n) is 13.9. The molecule has 1 fully saturated rings. The maximum atomic E-state index is 14.0. The van der Waals surface area contributed by atoms with Crippen molar-refractivity contribution in [1.29, 1.82) is 0 Å². The van der Waals surface area contributed by atoms with Gasteiger partial charge in [0.15, 0.2) is 18.4 Å². The van der Waals surface area contributed by atoms with E-state index in [1.165, 1.54) is 19.2 Å². The molecule has 0 spiro atoms. The number of esters is 3. The molecule has 312 valence electrons. The first kappa shape index (κ1) is 45.3. The van der Waals surface area contributed by atoms with E-state index in [1.54, 1.807) is 20.8 Å². The first-order valence-electron chi connectivity index (χ1n) is 18.1. The third-order valence-corrected chi connectivity index (χ3v) is 7.84. The summed E-state index contributed by atoms with van der Waals surface area (Å²) < 4.78 is 34.0. The van der Waals surface area contributed by atoms with Crippen molar-refractivity contribution in [2.75, 3.05) is 18.5 Å². The predicted molar refractivity (Wildman–Crippen MR) is 198 cm³/mol. The minimum atomic E-state index is -1.51. The summed E-state index contributed by atoms with van der Waals surface area (Å²) in [6, 6.07) is 7.78. The number of rotatable bonds is 17. The lowest BCUT2D eigenvalue weighted by molar-refractivity contribution is -0.166. The summed E-state index contributed by atoms with van der Waals surface area (Å²) >= 11 is 0. The Morgan fingerprint density at radius 1 is 0.842 bits per heavy atom. The molecule has 1 aliphatic heterocycles. The van der Waals surface area contributed by atoms with E-state index in [-0.39, 0.29) is 25.4 Å². The molecule has 4 amide bonds. The van der Waals surface area contributed by atoms with E-state index in [4.69, 9.17) is 28.4 Å². The number of ether oxygens (including phenoxy) is 6. The van der Waals surface area contributed by atoms with Crippen LogP contribution in [0.15, 0.2) is 47.4 Å². The average molecular weight is 803 g/mol. The van der Waals surface area contributed by atoms with Gasteiger partial charge in [0.05, 0.1) is 6.04 Å². The molecule has 0 radical (unpaired) electrons. The quantitative estimate of drug-likeness (QED) is 0.101. The number of nitrogens with one attached hydrogen (secondary N) is 4. The number of unbranched alkanes of at least 4 members (excludes halogenated alkanes) is 1. The molecule has 1 aromatic carbocycles. The van der Waals surface area contributed by atoms with Crippen LogP contribution in [0.2, 0.25) is 0 Å². The fourth-order valence-electron chi connectivity index (χ4n) is 5.58. The van der Waals surface area contributed by atoms with Gasteiger partial charge in [-0.05, 0) is 51.7 Å². The predicted octanol–water partition coefficient (Wildman–Crippen LogP) is 2.00. The topological polar surface area (TPSA) is 258 Å². The highest BCUT2D eigenvalue weighted by molar-refractivity contribution is 5.87. The molecule has 1 aromatic heterocycles. The van der Waals surface area contributed by atoms with Gasteiger partial charge in [-0.1, -0.05) is 30.3 Å². The number of carbonyl (C=O) groups is 7. The van der Waals surface area contributed by atoms with Crippen LogP contribution in [-0.4, -0.2) is 101 Å². The van der Waals surface area contributed by atoms with E-state index in [2.05, 4.69) is 26.3 Å². The lowest BCUT2D eigenvalue weighted by Gasteiger charge is -2.30. The molecule has 6 atom stereocenters. The molecule has 2 aromatic rings. The van der Waals surface area contributed by atoms with E-state index < -0.39 is 96.4 Å². The van der Waals surface area contributed by atoms with E-state index in [0.717, 1.165) is 30.9 Å². The normalized spacial score (nSPS) is 18.5. The van der Waals surface area contributed by atoms with Crippen molar-refractivity contribution in [3.8, 4) is 0 Å². The van der Waals surface area contributed by atoms with Crippen LogP contribution >= 0.6 is 0 Å². The highest BCUT2D eigenvalue weighted by Gasteiger charge is 2.54. The van der Waals surface area contributed by atoms with Crippen LogP contribution in [0, 0.1) is 0 Å². The van der Waals surface area contributed by atoms with Gasteiger partial charge >= 0.3 is 35.8 Å². The monoisotopic (exact) mass is 802 g/mol. The number of benzene rings is 1. The van der Waals surface area contributed by atoms with Crippen LogP contribution in [-0.2, 0) is 59.0 Å². The zero-order valence-electron chi connectivity index (χ0n) is 32.9. The van der Waals surface area contributed by atoms with Crippen LogP contribution in [0.4, 0.5) is 15.4 Å². The summed E-state index contributed by atoms with van der Waals surface area (Å²) in [7, 11) is 0. The number of aromatic nitrogens is 2. The molecule has 0 bridgehead atoms. The van der Waals surface area contributed by atoms with Crippen molar-refractivity contribution in [3.05, 3.63) is 58.6 Å². The van der Waals surface area contributed by atoms with Gasteiger partial charge in [-0.15, -0.1) is 0 Å². The Kier molecular flexibility index (Phi) is 16.9. The number of amides is 4. The minimum absolute atomic E-state index is 0.0331. The highest BCUT2D eigenvalue weighted by Crippen LogP contribution is 2.35. The fraction of sp³-hybridized carbons (Fsp3) is 0.541. The number of carbonyl (C=O) groups excluding carboxylic acids is 7. The molecule has 4 N–H and O–H groups in total. The number of alkyl carbamates (subject to hydrolysis) is 2. The Morgan fingerprint density at radius 3 is 2.11 bits per heavy atom. The zero-order valence-corrected chi connectivity index (χ0v) is 32.9. The van der Waals surface area contributed by atoms with Gasteiger partial charge in [-0.3, -0.25) is 28.5 Å². The Bertz CT molecular complexity index is 1800. The standard InChI is InChI=1S/C37H50N6O14/c1-21(44)39-28-16-18-43(34(49)42-28)33-31(55-24(4)47)30(54-23(3)46)29(56-33)27(20-52-22(2)45)40-32(48)26(41-36(51)57-37(5,6)7)15-11-12-17-38-35(50)53-19-25-13-9-8-10-14-25/h8-10,13-14,16,18,26-27,29-31,33H,11-12,15,17,19-20H2,1-7H3,(H,38,50)(H,40,48)(H,41,51)(H,39,42,44,49)/t26-,27+,29+,30+,31+,33+/m0/s1. The van der Waals surface area contributed by atoms with Gasteiger partial charge in [-0.25, -0.2) is 14.4 Å². The highest BCUT2D eigenvalue weighted by atomic mass is 16.6. The third-order valence-electron chi connectivity index (χ3n) is 7.84. The maximum absolute atomic E-state index is 14.0. The molecule has 57 heavy (non-hydrogen) atoms. The van der Waals surface area contributed by atoms with E-state index in [9.17, 15) is 38.4 Å². The van der Waals surface area contributed by atoms with Gasteiger partial charge in [0.2, 0.25) is 11.8 Å². The number of hydrogen-bond acceptors (Lipinski definition) is 15. The molecule has 0 saturated carbocycles. The fourth-order valence-corrected chi connectivity index (χ4v) is 5.58. The second-order valence-corrected chi connectivity index (χ2v) is 13.9. The zero-order chi connectivity index (χ0) is 42.3. The summed E-state index contributed by atoms with van der Waals surface area (Å²) in [6.45, 7) is 9.08. The van der Waals surface area contributed by atoms with Gasteiger partial charge in [0, 0.05) is 40.4 Å². The number of nitrogens with zero attached hydrogens (tertiary/aromatic N) is 2. The Hall–Kier alpha value is -6.05. The molecule has 2 heterocycles. The first-order chi connectivity index (χ1) is 26.8. The van der Waals surface area contributed by atoms with E-state index in [0.29, 0.717) is 12.8 Å². The molecular weight excluding hydrogens is 752 g/mol. The minimum Gasteiger partial charge on any atom is -0.464 e. The van der Waals surface area contributed by atoms with Crippen LogP contribution < -0.4 is 27.0 Å². The SMILES string of the molecule is CC(=O)Nc1ccn([C@@H]2O[C@H]([C@@H](COC(C)=O)NC(=O)[C@H](CCCCNC(=O)OCc3ccccc3)NC(=O)OC(C)(C)C)[C@@H](OC(C)=O)[C@H]2OC(C)=O)c(=O)n1. The van der Waals surface area contributed by atoms with Crippen molar-refractivity contribution in [2.45, 2.75) is 117 Å². The molecule has 20 heteroatoms. The van der Waals surface area contributed by atoms with Crippen LogP contribution in [0.3, 0.4) is 0 Å². The summed E-state index contributed by atoms with van der Waals surface area (Å²) in [4.78, 5) is 104. The Morgan fingerprint density at radius 2 is 1.51 bits per heavy atom. The molecular formula is C37H50N6O14. The van der Waals surface area contributed by atoms with Crippen LogP contribution in [0.1, 0.15) is 79.5 Å².